The molecule has 2 fully saturated rings. The van der Waals surface area contributed by atoms with E-state index in [9.17, 15) is 18.8 Å². The minimum absolute atomic E-state index is 0.156. The van der Waals surface area contributed by atoms with E-state index < -0.39 is 17.6 Å². The van der Waals surface area contributed by atoms with Gasteiger partial charge in [0.2, 0.25) is 5.78 Å². The van der Waals surface area contributed by atoms with Crippen molar-refractivity contribution in [1.82, 2.24) is 14.7 Å². The maximum Gasteiger partial charge on any atom is 0.290 e. The summed E-state index contributed by atoms with van der Waals surface area (Å²) in [6, 6.07) is 9.99. The topological polar surface area (TPSA) is 73.0 Å². The van der Waals surface area contributed by atoms with E-state index in [1.807, 2.05) is 24.1 Å². The lowest BCUT2D eigenvalue weighted by Gasteiger charge is -2.32. The predicted molar refractivity (Wildman–Crippen MR) is 140 cm³/mol. The number of halogens is 2. The largest absolute Gasteiger partial charge is 0.384 e. The van der Waals surface area contributed by atoms with Crippen molar-refractivity contribution in [3.05, 3.63) is 63.9 Å². The summed E-state index contributed by atoms with van der Waals surface area (Å²) >= 11 is 6.51. The van der Waals surface area contributed by atoms with Gasteiger partial charge in [0.1, 0.15) is 5.82 Å². The molecule has 1 unspecified atom stereocenters. The van der Waals surface area contributed by atoms with Crippen LogP contribution in [0.4, 0.5) is 10.1 Å². The number of ketones is 1. The Bertz CT molecular complexity index is 1190. The number of hydrogen-bond acceptors (Lipinski definition) is 5. The molecule has 5 rings (SSSR count). The molecule has 0 aliphatic carbocycles. The molecule has 2 saturated heterocycles. The zero-order valence-electron chi connectivity index (χ0n) is 21.0. The van der Waals surface area contributed by atoms with E-state index >= 15 is 0 Å². The summed E-state index contributed by atoms with van der Waals surface area (Å²) in [7, 11) is 2.00. The van der Waals surface area contributed by atoms with Crippen molar-refractivity contribution in [2.24, 2.45) is 5.92 Å². The van der Waals surface area contributed by atoms with Crippen molar-refractivity contribution in [3.63, 3.8) is 0 Å². The Labute approximate surface area is 221 Å². The summed E-state index contributed by atoms with van der Waals surface area (Å²) in [6.45, 7) is 4.10. The third kappa shape index (κ3) is 5.50. The second kappa shape index (κ2) is 10.8. The van der Waals surface area contributed by atoms with Gasteiger partial charge in [-0.2, -0.15) is 0 Å². The van der Waals surface area contributed by atoms with Crippen molar-refractivity contribution in [2.75, 3.05) is 58.2 Å². The summed E-state index contributed by atoms with van der Waals surface area (Å²) < 4.78 is 13.2. The molecule has 0 radical (unpaired) electrons. The number of amides is 2. The average molecular weight is 527 g/mol. The van der Waals surface area contributed by atoms with Gasteiger partial charge in [-0.3, -0.25) is 14.4 Å². The monoisotopic (exact) mass is 526 g/mol. The Hall–Kier alpha value is -2.97. The van der Waals surface area contributed by atoms with E-state index in [1.165, 1.54) is 12.1 Å². The maximum atomic E-state index is 13.4. The van der Waals surface area contributed by atoms with E-state index in [-0.39, 0.29) is 11.7 Å². The summed E-state index contributed by atoms with van der Waals surface area (Å²) in [5.74, 6) is -1.50. The van der Waals surface area contributed by atoms with E-state index in [0.29, 0.717) is 60.5 Å². The van der Waals surface area contributed by atoms with Crippen LogP contribution in [-0.4, -0.2) is 85.2 Å². The first-order valence-electron chi connectivity index (χ1n) is 12.9. The summed E-state index contributed by atoms with van der Waals surface area (Å²) in [5, 5.41) is 3.52. The number of piperazine rings is 1. The zero-order chi connectivity index (χ0) is 26.1. The Morgan fingerprint density at radius 1 is 0.973 bits per heavy atom. The third-order valence-corrected chi connectivity index (χ3v) is 8.21. The first-order valence-corrected chi connectivity index (χ1v) is 13.3. The molecule has 1 N–H and O–H groups in total. The van der Waals surface area contributed by atoms with Crippen LogP contribution < -0.4 is 5.32 Å². The second-order valence-corrected chi connectivity index (χ2v) is 10.8. The number of carbonyl (C=O) groups excluding carboxylic acids is 3. The lowest BCUT2D eigenvalue weighted by atomic mass is 9.89. The number of hydrogen-bond donors (Lipinski definition) is 1. The number of nitrogens with one attached hydrogen (secondary N) is 1. The highest BCUT2D eigenvalue weighted by Gasteiger charge is 2.37. The number of fused-ring (bicyclic) bond motifs is 1. The zero-order valence-corrected chi connectivity index (χ0v) is 21.8. The fourth-order valence-corrected chi connectivity index (χ4v) is 5.77. The number of nitrogens with zero attached hydrogens (tertiary/aromatic N) is 3. The van der Waals surface area contributed by atoms with Gasteiger partial charge in [-0.05, 0) is 67.6 Å². The Kier molecular flexibility index (Phi) is 7.49. The number of likely N-dealkylation sites (N-methyl/N-ethyl adjacent to an activating group) is 1. The molecular weight excluding hydrogens is 495 g/mol. The minimum atomic E-state index is -0.632. The van der Waals surface area contributed by atoms with Gasteiger partial charge in [0, 0.05) is 51.5 Å². The number of anilines is 1. The van der Waals surface area contributed by atoms with E-state index in [0.717, 1.165) is 37.9 Å². The van der Waals surface area contributed by atoms with E-state index in [1.54, 1.807) is 17.0 Å². The van der Waals surface area contributed by atoms with Crippen LogP contribution in [0.25, 0.3) is 0 Å². The van der Waals surface area contributed by atoms with Crippen molar-refractivity contribution < 1.29 is 18.8 Å². The first kappa shape index (κ1) is 25.7. The number of benzene rings is 2. The lowest BCUT2D eigenvalue weighted by molar-refractivity contribution is -0.146. The Balaban J connectivity index is 1.25. The van der Waals surface area contributed by atoms with Gasteiger partial charge < -0.3 is 20.0 Å². The van der Waals surface area contributed by atoms with Gasteiger partial charge in [-0.1, -0.05) is 23.7 Å². The van der Waals surface area contributed by atoms with Crippen LogP contribution >= 0.6 is 11.6 Å². The molecule has 2 amide bonds. The minimum Gasteiger partial charge on any atom is -0.384 e. The van der Waals surface area contributed by atoms with Gasteiger partial charge in [-0.25, -0.2) is 4.39 Å². The SMILES string of the molecule is CN1CCN(C(=O)C(=O)C2CNc3cc(Cl)c(C(=O)N4CCC(Cc5ccc(F)cc5)CC4)cc32)CC1. The highest BCUT2D eigenvalue weighted by Crippen LogP contribution is 2.37. The molecule has 196 valence electrons. The standard InChI is InChI=1S/C28H32ClFN4O3/c1-32-10-12-34(13-11-32)28(37)26(35)23-17-31-25-16-24(29)22(15-21(23)25)27(36)33-8-6-19(7-9-33)14-18-2-4-20(30)5-3-18/h2-5,15-16,19,23,31H,6-14,17H2,1H3. The molecule has 0 aromatic heterocycles. The Morgan fingerprint density at radius 3 is 2.32 bits per heavy atom. The van der Waals surface area contributed by atoms with Crippen molar-refractivity contribution in [3.8, 4) is 0 Å². The molecule has 0 spiro atoms. The van der Waals surface area contributed by atoms with Crippen LogP contribution in [0, 0.1) is 11.7 Å². The average Bonchev–Trinajstić information content (AvgIpc) is 3.31. The molecular formula is C28H32ClFN4O3. The first-order chi connectivity index (χ1) is 17.8. The van der Waals surface area contributed by atoms with Gasteiger partial charge >= 0.3 is 0 Å². The number of piperidine rings is 1. The van der Waals surface area contributed by atoms with Crippen LogP contribution in [0.5, 0.6) is 0 Å². The quantitative estimate of drug-likeness (QED) is 0.604. The number of carbonyl (C=O) groups is 3. The molecule has 3 aliphatic heterocycles. The highest BCUT2D eigenvalue weighted by atomic mass is 35.5. The highest BCUT2D eigenvalue weighted by molar-refractivity contribution is 6.39. The molecule has 7 nitrogen and oxygen atoms in total. The van der Waals surface area contributed by atoms with Crippen LogP contribution in [0.2, 0.25) is 5.02 Å². The molecule has 2 aromatic carbocycles. The van der Waals surface area contributed by atoms with Crippen LogP contribution in [0.3, 0.4) is 0 Å². The van der Waals surface area contributed by atoms with Crippen molar-refractivity contribution in [1.29, 1.82) is 0 Å². The van der Waals surface area contributed by atoms with Gasteiger partial charge in [0.15, 0.2) is 0 Å². The maximum absolute atomic E-state index is 13.4. The fraction of sp³-hybridized carbons (Fsp3) is 0.464. The summed E-state index contributed by atoms with van der Waals surface area (Å²) in [5.41, 5.74) is 2.82. The van der Waals surface area contributed by atoms with Gasteiger partial charge in [-0.15, -0.1) is 0 Å². The van der Waals surface area contributed by atoms with Crippen LogP contribution in [0.1, 0.15) is 40.2 Å². The lowest BCUT2D eigenvalue weighted by Crippen LogP contribution is -2.50. The van der Waals surface area contributed by atoms with Crippen molar-refractivity contribution >= 4 is 34.9 Å². The van der Waals surface area contributed by atoms with E-state index in [2.05, 4.69) is 10.2 Å². The molecule has 3 aliphatic rings. The molecule has 3 heterocycles. The number of rotatable bonds is 5. The number of likely N-dealkylation sites (tertiary alicyclic amines) is 1. The molecule has 0 saturated carbocycles. The van der Waals surface area contributed by atoms with Gasteiger partial charge in [0.25, 0.3) is 11.8 Å². The normalized spacial score (nSPS) is 20.5. The molecule has 1 atom stereocenters. The molecule has 0 bridgehead atoms. The molecule has 2 aromatic rings. The fourth-order valence-electron chi connectivity index (χ4n) is 5.53. The smallest absolute Gasteiger partial charge is 0.290 e. The number of Topliss-reactive ketones (excluding diaryl/α,β-unsaturated/α-hetero) is 1. The third-order valence-electron chi connectivity index (χ3n) is 7.90. The van der Waals surface area contributed by atoms with Crippen molar-refractivity contribution in [2.45, 2.75) is 25.2 Å². The predicted octanol–water partition coefficient (Wildman–Crippen LogP) is 3.43. The summed E-state index contributed by atoms with van der Waals surface area (Å²) in [4.78, 5) is 45.1. The molecule has 9 heteroatoms. The van der Waals surface area contributed by atoms with Crippen LogP contribution in [-0.2, 0) is 16.0 Å². The van der Waals surface area contributed by atoms with Crippen LogP contribution in [0.15, 0.2) is 36.4 Å². The van der Waals surface area contributed by atoms with Gasteiger partial charge in [0.05, 0.1) is 16.5 Å². The Morgan fingerprint density at radius 2 is 1.65 bits per heavy atom. The van der Waals surface area contributed by atoms with E-state index in [4.69, 9.17) is 11.6 Å². The summed E-state index contributed by atoms with van der Waals surface area (Å²) in [6.07, 6.45) is 2.57. The molecule has 37 heavy (non-hydrogen) atoms. The second-order valence-electron chi connectivity index (χ2n) is 10.4.